The van der Waals surface area contributed by atoms with Crippen LogP contribution in [0.2, 0.25) is 0 Å². The SMILES string of the molecule is COc1ccc(C(=O)O)c(-c2ccccc2N(C)C)c1. The van der Waals surface area contributed by atoms with Crippen molar-refractivity contribution in [1.29, 1.82) is 0 Å². The Labute approximate surface area is 118 Å². The molecule has 2 rings (SSSR count). The zero-order valence-electron chi connectivity index (χ0n) is 11.8. The molecule has 0 bridgehead atoms. The van der Waals surface area contributed by atoms with Crippen molar-refractivity contribution in [2.24, 2.45) is 0 Å². The molecule has 104 valence electrons. The zero-order valence-corrected chi connectivity index (χ0v) is 11.8. The van der Waals surface area contributed by atoms with Crippen LogP contribution in [0, 0.1) is 0 Å². The van der Waals surface area contributed by atoms with Crippen LogP contribution in [0.4, 0.5) is 5.69 Å². The van der Waals surface area contributed by atoms with Crippen molar-refractivity contribution in [1.82, 2.24) is 0 Å². The lowest BCUT2D eigenvalue weighted by Crippen LogP contribution is -2.10. The number of carboxylic acid groups (broad SMARTS) is 1. The third-order valence-corrected chi connectivity index (χ3v) is 3.13. The molecule has 20 heavy (non-hydrogen) atoms. The maximum Gasteiger partial charge on any atom is 0.336 e. The fourth-order valence-corrected chi connectivity index (χ4v) is 2.15. The van der Waals surface area contributed by atoms with Crippen LogP contribution in [0.1, 0.15) is 10.4 Å². The summed E-state index contributed by atoms with van der Waals surface area (Å²) in [6.07, 6.45) is 0. The number of hydrogen-bond acceptors (Lipinski definition) is 3. The molecule has 0 unspecified atom stereocenters. The van der Waals surface area contributed by atoms with Crippen LogP contribution in [0.5, 0.6) is 5.75 Å². The Hall–Kier alpha value is -2.49. The van der Waals surface area contributed by atoms with Crippen molar-refractivity contribution in [3.8, 4) is 16.9 Å². The third-order valence-electron chi connectivity index (χ3n) is 3.13. The molecule has 0 saturated heterocycles. The second-order valence-corrected chi connectivity index (χ2v) is 4.63. The van der Waals surface area contributed by atoms with Crippen LogP contribution in [0.15, 0.2) is 42.5 Å². The third kappa shape index (κ3) is 2.59. The number of nitrogens with zero attached hydrogens (tertiary/aromatic N) is 1. The predicted molar refractivity (Wildman–Crippen MR) is 79.7 cm³/mol. The van der Waals surface area contributed by atoms with Gasteiger partial charge in [0.2, 0.25) is 0 Å². The van der Waals surface area contributed by atoms with E-state index in [0.717, 1.165) is 11.3 Å². The minimum Gasteiger partial charge on any atom is -0.497 e. The topological polar surface area (TPSA) is 49.8 Å². The molecular weight excluding hydrogens is 254 g/mol. The highest BCUT2D eigenvalue weighted by molar-refractivity contribution is 5.98. The lowest BCUT2D eigenvalue weighted by Gasteiger charge is -2.19. The minimum absolute atomic E-state index is 0.264. The Balaban J connectivity index is 2.70. The number of carbonyl (C=O) groups is 1. The fraction of sp³-hybridized carbons (Fsp3) is 0.188. The summed E-state index contributed by atoms with van der Waals surface area (Å²) in [6, 6.07) is 12.7. The summed E-state index contributed by atoms with van der Waals surface area (Å²) in [5.74, 6) is -0.310. The van der Waals surface area contributed by atoms with Gasteiger partial charge in [0.25, 0.3) is 0 Å². The first kappa shape index (κ1) is 13.9. The molecule has 0 aliphatic rings. The van der Waals surface area contributed by atoms with Crippen LogP contribution in [0.25, 0.3) is 11.1 Å². The van der Waals surface area contributed by atoms with Crippen molar-refractivity contribution in [3.05, 3.63) is 48.0 Å². The van der Waals surface area contributed by atoms with Gasteiger partial charge in [-0.3, -0.25) is 0 Å². The number of methoxy groups -OCH3 is 1. The lowest BCUT2D eigenvalue weighted by molar-refractivity contribution is 0.0697. The van der Waals surface area contributed by atoms with Gasteiger partial charge in [-0.25, -0.2) is 4.79 Å². The first-order valence-electron chi connectivity index (χ1n) is 6.22. The van der Waals surface area contributed by atoms with Gasteiger partial charge in [-0.15, -0.1) is 0 Å². The standard InChI is InChI=1S/C16H17NO3/c1-17(2)15-7-5-4-6-12(15)14-10-11(20-3)8-9-13(14)16(18)19/h4-10H,1-3H3,(H,18,19). The van der Waals surface area contributed by atoms with Crippen molar-refractivity contribution >= 4 is 11.7 Å². The molecule has 0 atom stereocenters. The maximum atomic E-state index is 11.4. The van der Waals surface area contributed by atoms with Crippen LogP contribution >= 0.6 is 0 Å². The van der Waals surface area contributed by atoms with Gasteiger partial charge in [0.15, 0.2) is 0 Å². The monoisotopic (exact) mass is 271 g/mol. The maximum absolute atomic E-state index is 11.4. The zero-order chi connectivity index (χ0) is 14.7. The van der Waals surface area contributed by atoms with E-state index in [2.05, 4.69) is 0 Å². The van der Waals surface area contributed by atoms with Gasteiger partial charge in [-0.2, -0.15) is 0 Å². The Morgan fingerprint density at radius 1 is 1.10 bits per heavy atom. The van der Waals surface area contributed by atoms with Gasteiger partial charge in [0.05, 0.1) is 12.7 Å². The Kier molecular flexibility index (Phi) is 3.94. The van der Waals surface area contributed by atoms with Gasteiger partial charge in [0, 0.05) is 30.9 Å². The van der Waals surface area contributed by atoms with E-state index in [0.29, 0.717) is 11.3 Å². The minimum atomic E-state index is -0.948. The van der Waals surface area contributed by atoms with Crippen molar-refractivity contribution < 1.29 is 14.6 Å². The van der Waals surface area contributed by atoms with E-state index in [4.69, 9.17) is 4.74 Å². The summed E-state index contributed by atoms with van der Waals surface area (Å²) in [7, 11) is 5.43. The predicted octanol–water partition coefficient (Wildman–Crippen LogP) is 3.13. The molecule has 0 amide bonds. The summed E-state index contributed by atoms with van der Waals surface area (Å²) < 4.78 is 5.20. The average Bonchev–Trinajstić information content (AvgIpc) is 2.46. The summed E-state index contributed by atoms with van der Waals surface area (Å²) in [5, 5.41) is 9.37. The Morgan fingerprint density at radius 3 is 2.40 bits per heavy atom. The number of ether oxygens (including phenoxy) is 1. The van der Waals surface area contributed by atoms with E-state index in [-0.39, 0.29) is 5.56 Å². The van der Waals surface area contributed by atoms with Gasteiger partial charge in [-0.1, -0.05) is 18.2 Å². The number of benzene rings is 2. The van der Waals surface area contributed by atoms with E-state index in [1.54, 1.807) is 25.3 Å². The smallest absolute Gasteiger partial charge is 0.336 e. The van der Waals surface area contributed by atoms with Gasteiger partial charge >= 0.3 is 5.97 Å². The largest absolute Gasteiger partial charge is 0.497 e. The number of anilines is 1. The summed E-state index contributed by atoms with van der Waals surface area (Å²) >= 11 is 0. The molecule has 0 heterocycles. The molecule has 0 fully saturated rings. The van der Waals surface area contributed by atoms with Crippen molar-refractivity contribution in [2.45, 2.75) is 0 Å². The molecule has 0 spiro atoms. The second-order valence-electron chi connectivity index (χ2n) is 4.63. The highest BCUT2D eigenvalue weighted by Gasteiger charge is 2.16. The number of carboxylic acids is 1. The summed E-state index contributed by atoms with van der Waals surface area (Å²) in [4.78, 5) is 13.4. The molecule has 0 radical (unpaired) electrons. The van der Waals surface area contributed by atoms with Crippen molar-refractivity contribution in [3.63, 3.8) is 0 Å². The fourth-order valence-electron chi connectivity index (χ4n) is 2.15. The van der Waals surface area contributed by atoms with E-state index in [1.165, 1.54) is 0 Å². The number of para-hydroxylation sites is 1. The van der Waals surface area contributed by atoms with Gasteiger partial charge in [-0.05, 0) is 24.3 Å². The molecular formula is C16H17NO3. The van der Waals surface area contributed by atoms with Crippen molar-refractivity contribution in [2.75, 3.05) is 26.1 Å². The van der Waals surface area contributed by atoms with E-state index in [1.807, 2.05) is 43.3 Å². The number of hydrogen-bond donors (Lipinski definition) is 1. The van der Waals surface area contributed by atoms with E-state index in [9.17, 15) is 9.90 Å². The van der Waals surface area contributed by atoms with E-state index >= 15 is 0 Å². The molecule has 4 heteroatoms. The van der Waals surface area contributed by atoms with Crippen LogP contribution < -0.4 is 9.64 Å². The molecule has 2 aromatic rings. The van der Waals surface area contributed by atoms with Crippen LogP contribution in [-0.2, 0) is 0 Å². The van der Waals surface area contributed by atoms with E-state index < -0.39 is 5.97 Å². The first-order chi connectivity index (χ1) is 9.54. The molecule has 0 aromatic heterocycles. The quantitative estimate of drug-likeness (QED) is 0.928. The number of rotatable bonds is 4. The molecule has 0 saturated carbocycles. The lowest BCUT2D eigenvalue weighted by atomic mass is 9.97. The van der Waals surface area contributed by atoms with Gasteiger partial charge in [0.1, 0.15) is 5.75 Å². The van der Waals surface area contributed by atoms with Crippen LogP contribution in [0.3, 0.4) is 0 Å². The summed E-state index contributed by atoms with van der Waals surface area (Å²) in [6.45, 7) is 0. The molecule has 2 aromatic carbocycles. The Bertz CT molecular complexity index is 635. The average molecular weight is 271 g/mol. The van der Waals surface area contributed by atoms with Gasteiger partial charge < -0.3 is 14.7 Å². The first-order valence-corrected chi connectivity index (χ1v) is 6.22. The molecule has 0 aliphatic heterocycles. The summed E-state index contributed by atoms with van der Waals surface area (Å²) in [5.41, 5.74) is 2.75. The normalized spacial score (nSPS) is 10.2. The number of aromatic carboxylic acids is 1. The van der Waals surface area contributed by atoms with Crippen LogP contribution in [-0.4, -0.2) is 32.3 Å². The highest BCUT2D eigenvalue weighted by Crippen LogP contribution is 2.34. The second kappa shape index (κ2) is 5.65. The Morgan fingerprint density at radius 2 is 1.80 bits per heavy atom. The molecule has 0 aliphatic carbocycles. The molecule has 1 N–H and O–H groups in total. The molecule has 4 nitrogen and oxygen atoms in total. The highest BCUT2D eigenvalue weighted by atomic mass is 16.5.